The van der Waals surface area contributed by atoms with Gasteiger partial charge in [-0.25, -0.2) is 13.6 Å². The van der Waals surface area contributed by atoms with Gasteiger partial charge in [0.1, 0.15) is 17.0 Å². The van der Waals surface area contributed by atoms with Crippen LogP contribution in [-0.2, 0) is 16.1 Å². The summed E-state index contributed by atoms with van der Waals surface area (Å²) in [5, 5.41) is 14.0. The number of carbonyl (C=O) groups is 2. The van der Waals surface area contributed by atoms with Gasteiger partial charge in [0.2, 0.25) is 11.6 Å². The number of nitro benzene ring substituents is 1. The summed E-state index contributed by atoms with van der Waals surface area (Å²) in [6.45, 7) is 2.76. The molecule has 2 aromatic carbocycles. The van der Waals surface area contributed by atoms with Gasteiger partial charge >= 0.3 is 11.7 Å². The zero-order valence-electron chi connectivity index (χ0n) is 17.4. The van der Waals surface area contributed by atoms with Gasteiger partial charge in [0.15, 0.2) is 5.82 Å². The number of Topliss-reactive ketones (excluding diaryl/α,β-unsaturated/α-hetero) is 1. The minimum atomic E-state index is -1.99. The molecule has 32 heavy (non-hydrogen) atoms. The Morgan fingerprint density at radius 3 is 2.38 bits per heavy atom. The summed E-state index contributed by atoms with van der Waals surface area (Å²) in [5.41, 5.74) is -3.98. The predicted molar refractivity (Wildman–Crippen MR) is 109 cm³/mol. The Bertz CT molecular complexity index is 1060. The van der Waals surface area contributed by atoms with Gasteiger partial charge < -0.3 is 10.1 Å². The standard InChI is InChI=1S/C22H21F3N2O5/c1-3-4-10-32-22(29)15(12-26-11-14-8-6-5-7-9-14)21(28)16-17(23)13(2)18(24)19(25)20(16)27(30)31/h5-9,12,26H,3-4,10-11H2,1-2H3. The average molecular weight is 450 g/mol. The molecule has 7 nitrogen and oxygen atoms in total. The van der Waals surface area contributed by atoms with Gasteiger partial charge in [-0.05, 0) is 18.9 Å². The maximum Gasteiger partial charge on any atom is 0.343 e. The molecule has 0 bridgehead atoms. The molecule has 0 spiro atoms. The molecule has 0 aliphatic rings. The normalized spacial score (nSPS) is 11.2. The van der Waals surface area contributed by atoms with Crippen molar-refractivity contribution in [2.45, 2.75) is 33.2 Å². The molecule has 0 amide bonds. The molecule has 0 radical (unpaired) electrons. The smallest absolute Gasteiger partial charge is 0.343 e. The minimum Gasteiger partial charge on any atom is -0.462 e. The van der Waals surface area contributed by atoms with Gasteiger partial charge in [-0.1, -0.05) is 43.7 Å². The van der Waals surface area contributed by atoms with Crippen LogP contribution in [0.5, 0.6) is 0 Å². The second-order valence-electron chi connectivity index (χ2n) is 6.79. The first-order chi connectivity index (χ1) is 15.2. The van der Waals surface area contributed by atoms with Crippen LogP contribution in [0.1, 0.15) is 41.3 Å². The molecule has 0 aromatic heterocycles. The van der Waals surface area contributed by atoms with Crippen LogP contribution in [-0.4, -0.2) is 23.3 Å². The Morgan fingerprint density at radius 1 is 1.12 bits per heavy atom. The highest BCUT2D eigenvalue weighted by Gasteiger charge is 2.37. The number of hydrogen-bond donors (Lipinski definition) is 1. The minimum absolute atomic E-state index is 0.0555. The van der Waals surface area contributed by atoms with Crippen molar-refractivity contribution < 1.29 is 32.4 Å². The van der Waals surface area contributed by atoms with Crippen LogP contribution in [0.2, 0.25) is 0 Å². The summed E-state index contributed by atoms with van der Waals surface area (Å²) < 4.78 is 47.8. The molecule has 0 unspecified atom stereocenters. The van der Waals surface area contributed by atoms with E-state index in [1.165, 1.54) is 0 Å². The molecule has 0 saturated carbocycles. The van der Waals surface area contributed by atoms with E-state index in [9.17, 15) is 32.9 Å². The van der Waals surface area contributed by atoms with E-state index in [-0.39, 0.29) is 13.2 Å². The first-order valence-electron chi connectivity index (χ1n) is 9.71. The number of ether oxygens (including phenoxy) is 1. The van der Waals surface area contributed by atoms with E-state index in [0.29, 0.717) is 12.8 Å². The molecule has 2 rings (SSSR count). The molecule has 170 valence electrons. The van der Waals surface area contributed by atoms with Crippen molar-refractivity contribution in [2.24, 2.45) is 0 Å². The maximum absolute atomic E-state index is 14.7. The lowest BCUT2D eigenvalue weighted by Crippen LogP contribution is -2.23. The number of ketones is 1. The molecule has 0 heterocycles. The fourth-order valence-corrected chi connectivity index (χ4v) is 2.75. The molecule has 0 fully saturated rings. The Kier molecular flexibility index (Phi) is 8.51. The van der Waals surface area contributed by atoms with Crippen molar-refractivity contribution in [3.8, 4) is 0 Å². The van der Waals surface area contributed by atoms with E-state index in [2.05, 4.69) is 5.32 Å². The first kappa shape index (κ1) is 24.6. The average Bonchev–Trinajstić information content (AvgIpc) is 2.77. The number of carbonyl (C=O) groups excluding carboxylic acids is 2. The zero-order chi connectivity index (χ0) is 23.8. The summed E-state index contributed by atoms with van der Waals surface area (Å²) in [6, 6.07) is 8.81. The fraction of sp³-hybridized carbons (Fsp3) is 0.273. The topological polar surface area (TPSA) is 98.5 Å². The summed E-state index contributed by atoms with van der Waals surface area (Å²) in [5.74, 6) is -8.09. The fourth-order valence-electron chi connectivity index (χ4n) is 2.75. The number of esters is 1. The molecule has 10 heteroatoms. The van der Waals surface area contributed by atoms with Gasteiger partial charge in [0.05, 0.1) is 11.5 Å². The number of halogens is 3. The number of unbranched alkanes of at least 4 members (excludes halogenated alkanes) is 1. The third-order valence-electron chi connectivity index (χ3n) is 4.52. The van der Waals surface area contributed by atoms with Crippen molar-refractivity contribution in [1.82, 2.24) is 5.32 Å². The summed E-state index contributed by atoms with van der Waals surface area (Å²) in [4.78, 5) is 35.4. The highest BCUT2D eigenvalue weighted by Crippen LogP contribution is 2.32. The lowest BCUT2D eigenvalue weighted by molar-refractivity contribution is -0.388. The molecule has 0 aliphatic carbocycles. The summed E-state index contributed by atoms with van der Waals surface area (Å²) in [6.07, 6.45) is 2.07. The van der Waals surface area contributed by atoms with Crippen LogP contribution in [0.4, 0.5) is 18.9 Å². The van der Waals surface area contributed by atoms with Gasteiger partial charge in [0, 0.05) is 18.3 Å². The third kappa shape index (κ3) is 5.51. The van der Waals surface area contributed by atoms with E-state index in [1.54, 1.807) is 30.3 Å². The van der Waals surface area contributed by atoms with Crippen LogP contribution in [0.25, 0.3) is 0 Å². The van der Waals surface area contributed by atoms with Gasteiger partial charge in [-0.3, -0.25) is 14.9 Å². The SMILES string of the molecule is CCCCOC(=O)C(=CNCc1ccccc1)C(=O)c1c(F)c(C)c(F)c(F)c1[N+](=O)[O-]. The molecular formula is C22H21F3N2O5. The lowest BCUT2D eigenvalue weighted by atomic mass is 9.98. The van der Waals surface area contributed by atoms with Crippen molar-refractivity contribution in [1.29, 1.82) is 0 Å². The van der Waals surface area contributed by atoms with Gasteiger partial charge in [-0.2, -0.15) is 4.39 Å². The highest BCUT2D eigenvalue weighted by molar-refractivity contribution is 6.25. The van der Waals surface area contributed by atoms with Crippen LogP contribution >= 0.6 is 0 Å². The first-order valence-corrected chi connectivity index (χ1v) is 9.71. The molecule has 0 saturated heterocycles. The second-order valence-corrected chi connectivity index (χ2v) is 6.79. The van der Waals surface area contributed by atoms with Crippen LogP contribution in [0, 0.1) is 34.5 Å². The highest BCUT2D eigenvalue weighted by atomic mass is 19.2. The molecule has 0 aliphatic heterocycles. The summed E-state index contributed by atoms with van der Waals surface area (Å²) in [7, 11) is 0. The third-order valence-corrected chi connectivity index (χ3v) is 4.52. The molecular weight excluding hydrogens is 429 g/mol. The van der Waals surface area contributed by atoms with Crippen LogP contribution < -0.4 is 5.32 Å². The predicted octanol–water partition coefficient (Wildman–Crippen LogP) is 4.52. The number of benzene rings is 2. The molecule has 0 atom stereocenters. The number of rotatable bonds is 10. The van der Waals surface area contributed by atoms with Crippen molar-refractivity contribution in [3.05, 3.63) is 86.4 Å². The zero-order valence-corrected chi connectivity index (χ0v) is 17.4. The van der Waals surface area contributed by atoms with Gasteiger partial charge in [0.25, 0.3) is 0 Å². The van der Waals surface area contributed by atoms with E-state index < -0.39 is 56.5 Å². The van der Waals surface area contributed by atoms with Crippen molar-refractivity contribution in [3.63, 3.8) is 0 Å². The Labute approximate surface area is 182 Å². The molecule has 2 aromatic rings. The van der Waals surface area contributed by atoms with E-state index in [1.807, 2.05) is 6.92 Å². The second kappa shape index (κ2) is 11.1. The Balaban J connectivity index is 2.51. The van der Waals surface area contributed by atoms with Crippen LogP contribution in [0.15, 0.2) is 42.1 Å². The lowest BCUT2D eigenvalue weighted by Gasteiger charge is -2.12. The van der Waals surface area contributed by atoms with Crippen molar-refractivity contribution >= 4 is 17.4 Å². The Morgan fingerprint density at radius 2 is 1.78 bits per heavy atom. The Hall–Kier alpha value is -3.69. The number of nitrogens with zero attached hydrogens (tertiary/aromatic N) is 1. The number of nitrogens with one attached hydrogen (secondary N) is 1. The largest absolute Gasteiger partial charge is 0.462 e. The monoisotopic (exact) mass is 450 g/mol. The summed E-state index contributed by atoms with van der Waals surface area (Å²) >= 11 is 0. The van der Waals surface area contributed by atoms with Crippen molar-refractivity contribution in [2.75, 3.05) is 6.61 Å². The van der Waals surface area contributed by atoms with Crippen LogP contribution in [0.3, 0.4) is 0 Å². The van der Waals surface area contributed by atoms with Gasteiger partial charge in [-0.15, -0.1) is 0 Å². The maximum atomic E-state index is 14.7. The van der Waals surface area contributed by atoms with E-state index in [0.717, 1.165) is 18.7 Å². The molecule has 1 N–H and O–H groups in total. The van der Waals surface area contributed by atoms with E-state index >= 15 is 0 Å². The number of nitro groups is 1. The quantitative estimate of drug-likeness (QED) is 0.0658. The van der Waals surface area contributed by atoms with E-state index in [4.69, 9.17) is 4.74 Å². The number of hydrogen-bond acceptors (Lipinski definition) is 6.